The van der Waals surface area contributed by atoms with Crippen LogP contribution in [0.25, 0.3) is 0 Å². The first-order chi connectivity index (χ1) is 9.24. The molecule has 1 aliphatic carbocycles. The minimum atomic E-state index is -0.533. The van der Waals surface area contributed by atoms with Crippen molar-refractivity contribution in [3.8, 4) is 0 Å². The van der Waals surface area contributed by atoms with Crippen molar-refractivity contribution in [2.45, 2.75) is 18.9 Å². The molecule has 1 N–H and O–H groups in total. The molecule has 19 heavy (non-hydrogen) atoms. The Morgan fingerprint density at radius 1 is 1.11 bits per heavy atom. The van der Waals surface area contributed by atoms with Crippen molar-refractivity contribution in [3.05, 3.63) is 70.8 Å². The van der Waals surface area contributed by atoms with Crippen LogP contribution in [0.15, 0.2) is 42.5 Å². The summed E-state index contributed by atoms with van der Waals surface area (Å²) in [5.41, 5.74) is 3.30. The highest BCUT2D eigenvalue weighted by molar-refractivity contribution is 5.40. The van der Waals surface area contributed by atoms with E-state index in [0.717, 1.165) is 19.0 Å². The summed E-state index contributed by atoms with van der Waals surface area (Å²) in [5, 5.41) is 3.24. The first-order valence-corrected chi connectivity index (χ1v) is 6.46. The minimum Gasteiger partial charge on any atom is -0.312 e. The summed E-state index contributed by atoms with van der Waals surface area (Å²) in [4.78, 5) is 0. The van der Waals surface area contributed by atoms with E-state index >= 15 is 0 Å². The fraction of sp³-hybridized carbons (Fsp3) is 0.250. The Balaban J connectivity index is 1.55. The average Bonchev–Trinajstić information content (AvgIpc) is 2.37. The van der Waals surface area contributed by atoms with Gasteiger partial charge < -0.3 is 5.32 Å². The number of halogens is 2. The maximum atomic E-state index is 13.4. The molecule has 1 atom stereocenters. The molecule has 0 saturated heterocycles. The molecule has 0 heterocycles. The molecule has 0 radical (unpaired) electrons. The second-order valence-corrected chi connectivity index (χ2v) is 4.97. The second-order valence-electron chi connectivity index (χ2n) is 4.97. The van der Waals surface area contributed by atoms with Crippen LogP contribution in [0.3, 0.4) is 0 Å². The van der Waals surface area contributed by atoms with Gasteiger partial charge in [-0.05, 0) is 23.6 Å². The third-order valence-electron chi connectivity index (χ3n) is 3.68. The Bertz CT molecular complexity index is 595. The van der Waals surface area contributed by atoms with Gasteiger partial charge in [0.15, 0.2) is 0 Å². The van der Waals surface area contributed by atoms with Gasteiger partial charge in [0.25, 0.3) is 0 Å². The molecule has 3 heteroatoms. The van der Waals surface area contributed by atoms with Crippen molar-refractivity contribution >= 4 is 0 Å². The van der Waals surface area contributed by atoms with Gasteiger partial charge in [-0.15, -0.1) is 0 Å². The first kappa shape index (κ1) is 12.3. The summed E-state index contributed by atoms with van der Waals surface area (Å²) in [7, 11) is 0. The molecule has 0 bridgehead atoms. The van der Waals surface area contributed by atoms with E-state index in [-0.39, 0.29) is 0 Å². The number of rotatable bonds is 4. The van der Waals surface area contributed by atoms with Crippen molar-refractivity contribution in [2.24, 2.45) is 0 Å². The zero-order valence-electron chi connectivity index (χ0n) is 10.5. The fourth-order valence-electron chi connectivity index (χ4n) is 2.59. The standard InChI is InChI=1S/C16H15F2N/c17-14-6-5-12(16(18)8-14)9-19-10-13-7-11-3-1-2-4-15(11)13/h1-6,8,13,19H,7,9-10H2. The van der Waals surface area contributed by atoms with Crippen molar-refractivity contribution < 1.29 is 8.78 Å². The Morgan fingerprint density at radius 2 is 1.95 bits per heavy atom. The number of benzene rings is 2. The van der Waals surface area contributed by atoms with Crippen LogP contribution in [0, 0.1) is 11.6 Å². The Labute approximate surface area is 111 Å². The zero-order chi connectivity index (χ0) is 13.2. The molecule has 1 nitrogen and oxygen atoms in total. The molecule has 1 aliphatic rings. The van der Waals surface area contributed by atoms with Gasteiger partial charge in [-0.2, -0.15) is 0 Å². The highest BCUT2D eigenvalue weighted by Crippen LogP contribution is 2.34. The van der Waals surface area contributed by atoms with Crippen LogP contribution < -0.4 is 5.32 Å². The van der Waals surface area contributed by atoms with Crippen molar-refractivity contribution in [3.63, 3.8) is 0 Å². The van der Waals surface area contributed by atoms with Gasteiger partial charge in [-0.3, -0.25) is 0 Å². The predicted octanol–water partition coefficient (Wildman–Crippen LogP) is 3.39. The van der Waals surface area contributed by atoms with Crippen LogP contribution in [0.4, 0.5) is 8.78 Å². The topological polar surface area (TPSA) is 12.0 Å². The van der Waals surface area contributed by atoms with Crippen molar-refractivity contribution in [1.29, 1.82) is 0 Å². The molecular formula is C16H15F2N. The largest absolute Gasteiger partial charge is 0.312 e. The zero-order valence-corrected chi connectivity index (χ0v) is 10.5. The smallest absolute Gasteiger partial charge is 0.130 e. The molecule has 2 aromatic carbocycles. The van der Waals surface area contributed by atoms with Gasteiger partial charge in [0, 0.05) is 30.6 Å². The van der Waals surface area contributed by atoms with Crippen molar-refractivity contribution in [2.75, 3.05) is 6.54 Å². The van der Waals surface area contributed by atoms with E-state index in [2.05, 4.69) is 23.5 Å². The molecule has 0 aromatic heterocycles. The lowest BCUT2D eigenvalue weighted by Gasteiger charge is -2.30. The molecule has 0 spiro atoms. The van der Waals surface area contributed by atoms with Gasteiger partial charge >= 0.3 is 0 Å². The average molecular weight is 259 g/mol. The molecule has 0 fully saturated rings. The summed E-state index contributed by atoms with van der Waals surface area (Å²) in [6.07, 6.45) is 1.08. The summed E-state index contributed by atoms with van der Waals surface area (Å²) >= 11 is 0. The fourth-order valence-corrected chi connectivity index (χ4v) is 2.59. The lowest BCUT2D eigenvalue weighted by molar-refractivity contribution is 0.519. The molecule has 0 amide bonds. The third-order valence-corrected chi connectivity index (χ3v) is 3.68. The molecule has 98 valence electrons. The van der Waals surface area contributed by atoms with Gasteiger partial charge in [0.1, 0.15) is 11.6 Å². The van der Waals surface area contributed by atoms with E-state index < -0.39 is 11.6 Å². The molecule has 3 rings (SSSR count). The number of hydrogen-bond donors (Lipinski definition) is 1. The quantitative estimate of drug-likeness (QED) is 0.887. The Morgan fingerprint density at radius 3 is 2.74 bits per heavy atom. The van der Waals surface area contributed by atoms with E-state index in [1.807, 2.05) is 6.07 Å². The SMILES string of the molecule is Fc1ccc(CNCC2Cc3ccccc32)c(F)c1. The Hall–Kier alpha value is -1.74. The second kappa shape index (κ2) is 5.10. The van der Waals surface area contributed by atoms with E-state index in [1.165, 1.54) is 23.3 Å². The summed E-state index contributed by atoms with van der Waals surface area (Å²) in [6.45, 7) is 1.26. The lowest BCUT2D eigenvalue weighted by atomic mass is 9.77. The third kappa shape index (κ3) is 2.51. The molecular weight excluding hydrogens is 244 g/mol. The van der Waals surface area contributed by atoms with Crippen LogP contribution >= 0.6 is 0 Å². The van der Waals surface area contributed by atoms with Gasteiger partial charge in [0.2, 0.25) is 0 Å². The van der Waals surface area contributed by atoms with E-state index in [4.69, 9.17) is 0 Å². The number of hydrogen-bond acceptors (Lipinski definition) is 1. The van der Waals surface area contributed by atoms with Gasteiger partial charge in [0.05, 0.1) is 0 Å². The van der Waals surface area contributed by atoms with Crippen molar-refractivity contribution in [1.82, 2.24) is 5.32 Å². The minimum absolute atomic E-state index is 0.435. The number of nitrogens with one attached hydrogen (secondary N) is 1. The van der Waals surface area contributed by atoms with Crippen LogP contribution in [0.2, 0.25) is 0 Å². The van der Waals surface area contributed by atoms with Crippen LogP contribution in [-0.2, 0) is 13.0 Å². The maximum absolute atomic E-state index is 13.4. The van der Waals surface area contributed by atoms with Crippen LogP contribution in [0.1, 0.15) is 22.6 Å². The summed E-state index contributed by atoms with van der Waals surface area (Å²) in [6, 6.07) is 12.1. The monoisotopic (exact) mass is 259 g/mol. The van der Waals surface area contributed by atoms with Gasteiger partial charge in [-0.1, -0.05) is 30.3 Å². The highest BCUT2D eigenvalue weighted by atomic mass is 19.1. The van der Waals surface area contributed by atoms with E-state index in [1.54, 1.807) is 0 Å². The predicted molar refractivity (Wildman–Crippen MR) is 71.0 cm³/mol. The van der Waals surface area contributed by atoms with Crippen LogP contribution in [-0.4, -0.2) is 6.54 Å². The molecule has 1 unspecified atom stereocenters. The molecule has 0 saturated carbocycles. The molecule has 2 aromatic rings. The summed E-state index contributed by atoms with van der Waals surface area (Å²) < 4.78 is 26.2. The Kier molecular flexibility index (Phi) is 3.30. The number of fused-ring (bicyclic) bond motifs is 1. The van der Waals surface area contributed by atoms with E-state index in [9.17, 15) is 8.78 Å². The van der Waals surface area contributed by atoms with E-state index in [0.29, 0.717) is 18.0 Å². The highest BCUT2D eigenvalue weighted by Gasteiger charge is 2.24. The molecule has 0 aliphatic heterocycles. The maximum Gasteiger partial charge on any atom is 0.130 e. The summed E-state index contributed by atoms with van der Waals surface area (Å²) in [5.74, 6) is -0.504. The van der Waals surface area contributed by atoms with Gasteiger partial charge in [-0.25, -0.2) is 8.78 Å². The lowest BCUT2D eigenvalue weighted by Crippen LogP contribution is -2.29. The normalized spacial score (nSPS) is 16.8. The van der Waals surface area contributed by atoms with Crippen LogP contribution in [0.5, 0.6) is 0 Å². The first-order valence-electron chi connectivity index (χ1n) is 6.46.